The van der Waals surface area contributed by atoms with E-state index in [1.807, 2.05) is 0 Å². The van der Waals surface area contributed by atoms with E-state index in [4.69, 9.17) is 0 Å². The number of carbonyl (C=O) groups excluding carboxylic acids is 1. The molecule has 0 aromatic heterocycles. The van der Waals surface area contributed by atoms with Crippen LogP contribution in [0.5, 0.6) is 0 Å². The molecule has 0 unspecified atom stereocenters. The maximum absolute atomic E-state index is 11.8. The highest BCUT2D eigenvalue weighted by Gasteiger charge is 2.28. The van der Waals surface area contributed by atoms with E-state index in [-0.39, 0.29) is 11.4 Å². The molecule has 0 saturated heterocycles. The molecule has 1 aromatic rings. The lowest BCUT2D eigenvalue weighted by Crippen LogP contribution is -2.37. The molecule has 0 radical (unpaired) electrons. The van der Waals surface area contributed by atoms with E-state index in [0.717, 1.165) is 6.07 Å². The monoisotopic (exact) mass is 238 g/mol. The van der Waals surface area contributed by atoms with Gasteiger partial charge in [-0.3, -0.25) is 20.1 Å². The van der Waals surface area contributed by atoms with Crippen molar-refractivity contribution in [2.24, 2.45) is 5.41 Å². The van der Waals surface area contributed by atoms with Crippen LogP contribution in [0.2, 0.25) is 0 Å². The Bertz CT molecular complexity index is 451. The van der Waals surface area contributed by atoms with Gasteiger partial charge in [0.1, 0.15) is 0 Å². The predicted octanol–water partition coefficient (Wildman–Crippen LogP) is 2.36. The summed E-state index contributed by atoms with van der Waals surface area (Å²) in [7, 11) is 0. The van der Waals surface area contributed by atoms with E-state index in [0.29, 0.717) is 5.06 Å². The number of hydroxylamine groups is 1. The van der Waals surface area contributed by atoms with Crippen molar-refractivity contribution in [3.63, 3.8) is 0 Å². The van der Waals surface area contributed by atoms with Crippen molar-refractivity contribution in [1.29, 1.82) is 0 Å². The van der Waals surface area contributed by atoms with E-state index < -0.39 is 16.2 Å². The second-order valence-electron chi connectivity index (χ2n) is 4.64. The summed E-state index contributed by atoms with van der Waals surface area (Å²) in [6.45, 7) is 4.95. The number of nitro groups is 1. The van der Waals surface area contributed by atoms with Crippen molar-refractivity contribution in [3.8, 4) is 0 Å². The van der Waals surface area contributed by atoms with Crippen molar-refractivity contribution in [2.75, 3.05) is 5.06 Å². The second-order valence-corrected chi connectivity index (χ2v) is 4.64. The first-order valence-electron chi connectivity index (χ1n) is 5.01. The van der Waals surface area contributed by atoms with Gasteiger partial charge in [-0.2, -0.15) is 5.06 Å². The summed E-state index contributed by atoms with van der Waals surface area (Å²) in [6, 6.07) is 5.27. The van der Waals surface area contributed by atoms with Crippen molar-refractivity contribution in [2.45, 2.75) is 20.8 Å². The van der Waals surface area contributed by atoms with E-state index >= 15 is 0 Å². The zero-order chi connectivity index (χ0) is 13.2. The Hall–Kier alpha value is -1.95. The van der Waals surface area contributed by atoms with Crippen LogP contribution in [-0.4, -0.2) is 16.0 Å². The Balaban J connectivity index is 3.05. The molecule has 1 amide bonds. The Morgan fingerprint density at radius 1 is 1.41 bits per heavy atom. The number of benzene rings is 1. The van der Waals surface area contributed by atoms with Crippen molar-refractivity contribution >= 4 is 17.3 Å². The Morgan fingerprint density at radius 3 is 2.47 bits per heavy atom. The minimum atomic E-state index is -0.765. The number of hydrogen-bond donors (Lipinski definition) is 1. The van der Waals surface area contributed by atoms with Gasteiger partial charge in [-0.05, 0) is 6.07 Å². The maximum Gasteiger partial charge on any atom is 0.271 e. The van der Waals surface area contributed by atoms with Crippen LogP contribution in [0.15, 0.2) is 24.3 Å². The Labute approximate surface area is 98.6 Å². The molecule has 0 fully saturated rings. The maximum atomic E-state index is 11.8. The summed E-state index contributed by atoms with van der Waals surface area (Å²) in [5, 5.41) is 20.7. The molecule has 0 aliphatic rings. The normalized spacial score (nSPS) is 11.1. The Kier molecular flexibility index (Phi) is 3.47. The first-order valence-corrected chi connectivity index (χ1v) is 5.01. The third-order valence-corrected chi connectivity index (χ3v) is 2.12. The van der Waals surface area contributed by atoms with Gasteiger partial charge in [-0.1, -0.05) is 26.8 Å². The van der Waals surface area contributed by atoms with Crippen LogP contribution in [0, 0.1) is 15.5 Å². The molecule has 6 nitrogen and oxygen atoms in total. The lowest BCUT2D eigenvalue weighted by molar-refractivity contribution is -0.384. The number of amides is 1. The summed E-state index contributed by atoms with van der Waals surface area (Å²) >= 11 is 0. The number of hydrogen-bond acceptors (Lipinski definition) is 4. The second kappa shape index (κ2) is 4.50. The predicted molar refractivity (Wildman–Crippen MR) is 61.8 cm³/mol. The molecule has 1 rings (SSSR count). The van der Waals surface area contributed by atoms with Crippen molar-refractivity contribution in [3.05, 3.63) is 34.4 Å². The van der Waals surface area contributed by atoms with Crippen LogP contribution in [0.1, 0.15) is 20.8 Å². The smallest absolute Gasteiger partial charge is 0.271 e. The van der Waals surface area contributed by atoms with E-state index in [1.54, 1.807) is 20.8 Å². The third kappa shape index (κ3) is 3.01. The van der Waals surface area contributed by atoms with Gasteiger partial charge in [0.25, 0.3) is 11.6 Å². The fourth-order valence-electron chi connectivity index (χ4n) is 1.17. The van der Waals surface area contributed by atoms with Gasteiger partial charge >= 0.3 is 0 Å². The van der Waals surface area contributed by atoms with Crippen LogP contribution in [0.3, 0.4) is 0 Å². The highest BCUT2D eigenvalue weighted by Crippen LogP contribution is 2.24. The van der Waals surface area contributed by atoms with Gasteiger partial charge < -0.3 is 0 Å². The van der Waals surface area contributed by atoms with Crippen LogP contribution >= 0.6 is 0 Å². The SMILES string of the molecule is CC(C)(C)C(=O)N(O)c1cccc([N+](=O)[O-])c1. The van der Waals surface area contributed by atoms with Crippen LogP contribution < -0.4 is 5.06 Å². The summed E-state index contributed by atoms with van der Waals surface area (Å²) in [4.78, 5) is 21.7. The minimum Gasteiger partial charge on any atom is -0.281 e. The summed E-state index contributed by atoms with van der Waals surface area (Å²) in [5.74, 6) is -0.530. The van der Waals surface area contributed by atoms with Gasteiger partial charge in [0, 0.05) is 17.5 Å². The third-order valence-electron chi connectivity index (χ3n) is 2.12. The van der Waals surface area contributed by atoms with Gasteiger partial charge in [-0.15, -0.1) is 0 Å². The summed E-state index contributed by atoms with van der Waals surface area (Å²) < 4.78 is 0. The van der Waals surface area contributed by atoms with Crippen molar-refractivity contribution < 1.29 is 14.9 Å². The average molecular weight is 238 g/mol. The molecule has 0 aliphatic heterocycles. The molecule has 17 heavy (non-hydrogen) atoms. The molecule has 0 heterocycles. The van der Waals surface area contributed by atoms with Crippen LogP contribution in [-0.2, 0) is 4.79 Å². The van der Waals surface area contributed by atoms with Crippen LogP contribution in [0.25, 0.3) is 0 Å². The zero-order valence-corrected chi connectivity index (χ0v) is 9.88. The number of anilines is 1. The van der Waals surface area contributed by atoms with Gasteiger partial charge in [0.05, 0.1) is 10.6 Å². The number of nitro benzene ring substituents is 1. The summed E-state index contributed by atoms with van der Waals surface area (Å²) in [6.07, 6.45) is 0. The molecule has 1 aromatic carbocycles. The molecule has 0 aliphatic carbocycles. The fourth-order valence-corrected chi connectivity index (χ4v) is 1.17. The molecule has 0 spiro atoms. The van der Waals surface area contributed by atoms with Gasteiger partial charge in [-0.25, -0.2) is 0 Å². The fraction of sp³-hybridized carbons (Fsp3) is 0.364. The number of rotatable bonds is 2. The van der Waals surface area contributed by atoms with Crippen LogP contribution in [0.4, 0.5) is 11.4 Å². The highest BCUT2D eigenvalue weighted by molar-refractivity contribution is 5.94. The molecule has 6 heteroatoms. The average Bonchev–Trinajstić information content (AvgIpc) is 2.26. The quantitative estimate of drug-likeness (QED) is 0.487. The summed E-state index contributed by atoms with van der Waals surface area (Å²) in [5.41, 5.74) is -0.860. The number of carbonyl (C=O) groups is 1. The first-order chi connectivity index (χ1) is 7.73. The topological polar surface area (TPSA) is 83.7 Å². The van der Waals surface area contributed by atoms with Gasteiger partial charge in [0.15, 0.2) is 0 Å². The largest absolute Gasteiger partial charge is 0.281 e. The molecular weight excluding hydrogens is 224 g/mol. The molecule has 1 N–H and O–H groups in total. The van der Waals surface area contributed by atoms with E-state index in [2.05, 4.69) is 0 Å². The van der Waals surface area contributed by atoms with E-state index in [9.17, 15) is 20.1 Å². The first kappa shape index (κ1) is 13.1. The molecule has 92 valence electrons. The standard InChI is InChI=1S/C11H14N2O4/c1-11(2,3)10(14)12(15)8-5-4-6-9(7-8)13(16)17/h4-7,15H,1-3H3. The molecule has 0 bridgehead atoms. The Morgan fingerprint density at radius 2 is 2.00 bits per heavy atom. The van der Waals surface area contributed by atoms with E-state index in [1.165, 1.54) is 18.2 Å². The number of non-ortho nitro benzene ring substituents is 1. The molecule has 0 atom stereocenters. The number of nitrogens with zero attached hydrogens (tertiary/aromatic N) is 2. The lowest BCUT2D eigenvalue weighted by Gasteiger charge is -2.23. The molecule has 0 saturated carbocycles. The lowest BCUT2D eigenvalue weighted by atomic mass is 9.95. The highest BCUT2D eigenvalue weighted by atomic mass is 16.6. The van der Waals surface area contributed by atoms with Crippen molar-refractivity contribution in [1.82, 2.24) is 0 Å². The van der Waals surface area contributed by atoms with Gasteiger partial charge in [0.2, 0.25) is 0 Å². The zero-order valence-electron chi connectivity index (χ0n) is 9.88. The minimum absolute atomic E-state index is 0.0825. The molecular formula is C11H14N2O4.